The fourth-order valence-corrected chi connectivity index (χ4v) is 5.81. The Morgan fingerprint density at radius 1 is 0.684 bits per heavy atom. The Morgan fingerprint density at radius 2 is 1.00 bits per heavy atom. The normalized spacial score (nSPS) is 11.9. The predicted molar refractivity (Wildman–Crippen MR) is 79.8 cm³/mol. The van der Waals surface area contributed by atoms with Gasteiger partial charge in [0, 0.05) is 9.79 Å². The summed E-state index contributed by atoms with van der Waals surface area (Å²) in [6.07, 6.45) is 0. The molecule has 0 saturated heterocycles. The molecule has 2 aromatic carbocycles. The molecule has 0 aliphatic heterocycles. The monoisotopic (exact) mass is 296 g/mol. The summed E-state index contributed by atoms with van der Waals surface area (Å²) >= 11 is 0. The lowest BCUT2D eigenvalue weighted by atomic mass is 10.2. The highest BCUT2D eigenvalue weighted by Crippen LogP contribution is 2.43. The average molecular weight is 296 g/mol. The zero-order valence-electron chi connectivity index (χ0n) is 10.8. The van der Waals surface area contributed by atoms with Crippen LogP contribution in [0.25, 0.3) is 0 Å². The van der Waals surface area contributed by atoms with Crippen LogP contribution in [0.4, 0.5) is 0 Å². The van der Waals surface area contributed by atoms with E-state index in [9.17, 15) is 14.7 Å². The number of rotatable bonds is 2. The summed E-state index contributed by atoms with van der Waals surface area (Å²) in [5.74, 6) is 0. The van der Waals surface area contributed by atoms with Crippen LogP contribution in [0, 0.1) is 13.8 Å². The van der Waals surface area contributed by atoms with Gasteiger partial charge in [-0.25, -0.2) is 0 Å². The maximum Gasteiger partial charge on any atom is 0.286 e. The lowest BCUT2D eigenvalue weighted by Gasteiger charge is -2.16. The Bertz CT molecular complexity index is 571. The van der Waals surface area contributed by atoms with E-state index in [4.69, 9.17) is 0 Å². The van der Waals surface area contributed by atoms with E-state index in [0.717, 1.165) is 20.9 Å². The van der Waals surface area contributed by atoms with Gasteiger partial charge in [-0.3, -0.25) is 0 Å². The Kier molecular flexibility index (Phi) is 4.29. The van der Waals surface area contributed by atoms with Crippen LogP contribution < -0.4 is 0 Å². The van der Waals surface area contributed by atoms with E-state index >= 15 is 0 Å². The molecule has 2 aromatic rings. The summed E-state index contributed by atoms with van der Waals surface area (Å²) in [6.45, 7) is -0.0415. The van der Waals surface area contributed by atoms with Crippen LogP contribution in [0.2, 0.25) is 0 Å². The minimum atomic E-state index is -3.97. The lowest BCUT2D eigenvalue weighted by molar-refractivity contribution is 0.362. The highest BCUT2D eigenvalue weighted by Gasteiger charge is 2.16. The molecule has 19 heavy (non-hydrogen) atoms. The molecule has 5 heteroatoms. The number of aryl methyl sites for hydroxylation is 2. The minimum absolute atomic E-state index is 0.732. The molecule has 0 spiro atoms. The second-order valence-electron chi connectivity index (χ2n) is 4.42. The van der Waals surface area contributed by atoms with Gasteiger partial charge in [-0.15, -0.1) is 0 Å². The fourth-order valence-electron chi connectivity index (χ4n) is 1.75. The molecule has 2 rings (SSSR count). The maximum atomic E-state index is 9.76. The highest BCUT2D eigenvalue weighted by atomic mass is 32.5. The number of benzene rings is 2. The molecule has 3 N–H and O–H groups in total. The molecular formula is C14H17O3PS. The Labute approximate surface area is 115 Å². The van der Waals surface area contributed by atoms with Crippen LogP contribution in [-0.2, 0) is 10.1 Å². The van der Waals surface area contributed by atoms with Crippen molar-refractivity contribution in [2.75, 3.05) is 0 Å². The van der Waals surface area contributed by atoms with E-state index in [1.165, 1.54) is 0 Å². The van der Waals surface area contributed by atoms with Gasteiger partial charge >= 0.3 is 0 Å². The molecule has 0 unspecified atom stereocenters. The minimum Gasteiger partial charge on any atom is -0.328 e. The molecule has 0 aliphatic rings. The van der Waals surface area contributed by atoms with Crippen molar-refractivity contribution in [3.63, 3.8) is 0 Å². The first-order valence-electron chi connectivity index (χ1n) is 5.83. The molecule has 0 fully saturated rings. The fraction of sp³-hybridized carbons (Fsp3) is 0.143. The Balaban J connectivity index is 2.62. The van der Waals surface area contributed by atoms with Crippen molar-refractivity contribution in [3.05, 3.63) is 59.7 Å². The van der Waals surface area contributed by atoms with Crippen LogP contribution in [0.1, 0.15) is 11.1 Å². The summed E-state index contributed by atoms with van der Waals surface area (Å²) in [4.78, 5) is 30.7. The average Bonchev–Trinajstić information content (AvgIpc) is 2.33. The topological polar surface area (TPSA) is 60.7 Å². The largest absolute Gasteiger partial charge is 0.328 e. The van der Waals surface area contributed by atoms with Gasteiger partial charge in [0.1, 0.15) is 0 Å². The first kappa shape index (κ1) is 14.5. The predicted octanol–water partition coefficient (Wildman–Crippen LogP) is 2.99. The van der Waals surface area contributed by atoms with Crippen molar-refractivity contribution in [3.8, 4) is 0 Å². The third-order valence-corrected chi connectivity index (χ3v) is 7.40. The molecular weight excluding hydrogens is 279 g/mol. The van der Waals surface area contributed by atoms with Crippen molar-refractivity contribution in [1.29, 1.82) is 0 Å². The van der Waals surface area contributed by atoms with E-state index < -0.39 is 16.8 Å². The smallest absolute Gasteiger partial charge is 0.286 e. The molecule has 0 aliphatic carbocycles. The summed E-state index contributed by atoms with van der Waals surface area (Å²) < 4.78 is 0. The van der Waals surface area contributed by atoms with Crippen molar-refractivity contribution >= 4 is 16.8 Å². The zero-order valence-corrected chi connectivity index (χ0v) is 12.5. The number of hydrogen-bond donors (Lipinski definition) is 3. The molecule has 0 atom stereocenters. The summed E-state index contributed by atoms with van der Waals surface area (Å²) in [5, 5.41) is 0. The van der Waals surface area contributed by atoms with E-state index in [2.05, 4.69) is 0 Å². The van der Waals surface area contributed by atoms with Crippen molar-refractivity contribution in [2.24, 2.45) is 0 Å². The second kappa shape index (κ2) is 5.61. The maximum absolute atomic E-state index is 9.76. The molecule has 102 valence electrons. The molecule has 0 radical (unpaired) electrons. The molecule has 0 bridgehead atoms. The Morgan fingerprint density at radius 3 is 1.26 bits per heavy atom. The van der Waals surface area contributed by atoms with E-state index in [1.54, 1.807) is 0 Å². The van der Waals surface area contributed by atoms with Crippen LogP contribution >= 0.6 is 6.72 Å². The van der Waals surface area contributed by atoms with Gasteiger partial charge in [0.2, 0.25) is 0 Å². The summed E-state index contributed by atoms with van der Waals surface area (Å²) in [6, 6.07) is 14.9. The summed E-state index contributed by atoms with van der Waals surface area (Å²) in [5.41, 5.74) is 2.18. The van der Waals surface area contributed by atoms with Crippen LogP contribution in [0.3, 0.4) is 0 Å². The third kappa shape index (κ3) is 3.56. The van der Waals surface area contributed by atoms with Crippen LogP contribution in [0.5, 0.6) is 0 Å². The van der Waals surface area contributed by atoms with Gasteiger partial charge in [0.05, 0.1) is 0 Å². The highest BCUT2D eigenvalue weighted by molar-refractivity contribution is 8.27. The van der Waals surface area contributed by atoms with Gasteiger partial charge in [-0.05, 0) is 38.1 Å². The van der Waals surface area contributed by atoms with Crippen LogP contribution in [-0.4, -0.2) is 14.7 Å². The van der Waals surface area contributed by atoms with E-state index in [0.29, 0.717) is 0 Å². The van der Waals surface area contributed by atoms with Gasteiger partial charge in [0.15, 0.2) is 0 Å². The lowest BCUT2D eigenvalue weighted by Crippen LogP contribution is -1.97. The first-order valence-corrected chi connectivity index (χ1v) is 9.31. The molecule has 0 amide bonds. The van der Waals surface area contributed by atoms with Crippen LogP contribution in [0.15, 0.2) is 58.3 Å². The van der Waals surface area contributed by atoms with Gasteiger partial charge in [0.25, 0.3) is 6.72 Å². The molecule has 0 aromatic heterocycles. The third-order valence-electron chi connectivity index (χ3n) is 2.73. The van der Waals surface area contributed by atoms with Gasteiger partial charge < -0.3 is 14.7 Å². The molecule has 0 saturated carbocycles. The quantitative estimate of drug-likeness (QED) is 0.747. The van der Waals surface area contributed by atoms with Crippen molar-refractivity contribution < 1.29 is 14.7 Å². The molecule has 3 nitrogen and oxygen atoms in total. The standard InChI is InChI=1S/C14H17O3PS/c1-11-3-7-13(8-4-11)19(18(15,16)17)14-9-5-12(2)6-10-14/h3-10,15-17H,1-2H3. The van der Waals surface area contributed by atoms with Crippen molar-refractivity contribution in [2.45, 2.75) is 23.6 Å². The second-order valence-corrected chi connectivity index (χ2v) is 9.53. The SMILES string of the molecule is Cc1ccc(S(c2ccc(C)cc2)=P(O)(O)O)cc1. The van der Waals surface area contributed by atoms with Gasteiger partial charge in [-0.2, -0.15) is 0 Å². The van der Waals surface area contributed by atoms with Gasteiger partial charge in [-0.1, -0.05) is 45.5 Å². The van der Waals surface area contributed by atoms with E-state index in [-0.39, 0.29) is 0 Å². The first-order chi connectivity index (χ1) is 8.88. The molecule has 0 heterocycles. The van der Waals surface area contributed by atoms with E-state index in [1.807, 2.05) is 62.4 Å². The Hall–Kier alpha value is -0.900. The van der Waals surface area contributed by atoms with Crippen molar-refractivity contribution in [1.82, 2.24) is 0 Å². The zero-order chi connectivity index (χ0) is 14.0. The summed E-state index contributed by atoms with van der Waals surface area (Å²) in [7, 11) is -1.11. The number of hydrogen-bond acceptors (Lipinski definition) is 0.